The van der Waals surface area contributed by atoms with E-state index in [2.05, 4.69) is 12.2 Å². The van der Waals surface area contributed by atoms with Crippen LogP contribution in [0.2, 0.25) is 0 Å². The molecule has 1 N–H and O–H groups in total. The van der Waals surface area contributed by atoms with Crippen LogP contribution in [0.5, 0.6) is 0 Å². The summed E-state index contributed by atoms with van der Waals surface area (Å²) in [6.07, 6.45) is 0.904. The number of rotatable bonds is 5. The number of hydrogen-bond acceptors (Lipinski definition) is 2. The molecule has 2 unspecified atom stereocenters. The van der Waals surface area contributed by atoms with Gasteiger partial charge < -0.3 is 5.32 Å². The topological polar surface area (TPSA) is 29.1 Å². The van der Waals surface area contributed by atoms with Gasteiger partial charge in [0.1, 0.15) is 0 Å². The molecule has 0 radical (unpaired) electrons. The molecule has 0 aliphatic rings. The first-order valence-corrected chi connectivity index (χ1v) is 6.50. The molecule has 1 aromatic heterocycles. The van der Waals surface area contributed by atoms with Gasteiger partial charge in [-0.15, -0.1) is 22.9 Å². The molecule has 0 aliphatic heterocycles. The van der Waals surface area contributed by atoms with Crippen molar-refractivity contribution < 1.29 is 4.79 Å². The molecule has 1 amide bonds. The Morgan fingerprint density at radius 3 is 2.87 bits per heavy atom. The number of amides is 1. The molecule has 15 heavy (non-hydrogen) atoms. The molecule has 84 valence electrons. The third-order valence-electron chi connectivity index (χ3n) is 2.29. The highest BCUT2D eigenvalue weighted by molar-refractivity contribution is 7.10. The molecule has 0 saturated carbocycles. The second-order valence-electron chi connectivity index (χ2n) is 3.54. The molecule has 0 spiro atoms. The smallest absolute Gasteiger partial charge is 0.224 e. The van der Waals surface area contributed by atoms with Gasteiger partial charge in [-0.25, -0.2) is 0 Å². The summed E-state index contributed by atoms with van der Waals surface area (Å²) in [7, 11) is 0. The number of hydrogen-bond donors (Lipinski definition) is 1. The van der Waals surface area contributed by atoms with E-state index in [4.69, 9.17) is 11.6 Å². The van der Waals surface area contributed by atoms with Crippen molar-refractivity contribution in [1.82, 2.24) is 5.32 Å². The first kappa shape index (κ1) is 12.5. The Bertz CT molecular complexity index is 300. The number of carbonyl (C=O) groups excluding carboxylic acids is 1. The zero-order chi connectivity index (χ0) is 11.3. The van der Waals surface area contributed by atoms with E-state index >= 15 is 0 Å². The molecule has 0 saturated heterocycles. The lowest BCUT2D eigenvalue weighted by atomic mass is 10.1. The standard InChI is InChI=1S/C11H16ClNOS/c1-3-9(10-5-4-6-15-10)13-11(14)8(2)7-12/h4-6,8-9H,3,7H2,1-2H3,(H,13,14). The minimum absolute atomic E-state index is 0.0326. The summed E-state index contributed by atoms with van der Waals surface area (Å²) < 4.78 is 0. The Labute approximate surface area is 99.6 Å². The largest absolute Gasteiger partial charge is 0.348 e. The molecule has 2 atom stereocenters. The lowest BCUT2D eigenvalue weighted by molar-refractivity contribution is -0.124. The Kier molecular flexibility index (Phi) is 5.12. The number of nitrogens with one attached hydrogen (secondary N) is 1. The molecule has 0 aromatic carbocycles. The van der Waals surface area contributed by atoms with E-state index in [0.717, 1.165) is 6.42 Å². The van der Waals surface area contributed by atoms with Crippen LogP contribution in [0, 0.1) is 5.92 Å². The zero-order valence-corrected chi connectivity index (χ0v) is 10.6. The SMILES string of the molecule is CCC(NC(=O)C(C)CCl)c1cccs1. The van der Waals surface area contributed by atoms with Crippen molar-refractivity contribution in [3.05, 3.63) is 22.4 Å². The van der Waals surface area contributed by atoms with Gasteiger partial charge in [-0.2, -0.15) is 0 Å². The Morgan fingerprint density at radius 2 is 2.40 bits per heavy atom. The maximum absolute atomic E-state index is 11.6. The first-order valence-electron chi connectivity index (χ1n) is 5.08. The summed E-state index contributed by atoms with van der Waals surface area (Å²) in [5, 5.41) is 5.03. The summed E-state index contributed by atoms with van der Waals surface area (Å²) in [6, 6.07) is 4.17. The van der Waals surface area contributed by atoms with Crippen LogP contribution in [0.15, 0.2) is 17.5 Å². The second-order valence-corrected chi connectivity index (χ2v) is 4.83. The van der Waals surface area contributed by atoms with Crippen molar-refractivity contribution in [2.75, 3.05) is 5.88 Å². The van der Waals surface area contributed by atoms with Gasteiger partial charge in [0, 0.05) is 16.7 Å². The highest BCUT2D eigenvalue weighted by Gasteiger charge is 2.17. The van der Waals surface area contributed by atoms with Gasteiger partial charge in [-0.3, -0.25) is 4.79 Å². The van der Waals surface area contributed by atoms with Crippen LogP contribution < -0.4 is 5.32 Å². The summed E-state index contributed by atoms with van der Waals surface area (Å²) >= 11 is 7.31. The van der Waals surface area contributed by atoms with Gasteiger partial charge in [0.05, 0.1) is 6.04 Å². The Hall–Kier alpha value is -0.540. The predicted molar refractivity (Wildman–Crippen MR) is 65.4 cm³/mol. The van der Waals surface area contributed by atoms with Crippen LogP contribution in [0.4, 0.5) is 0 Å². The highest BCUT2D eigenvalue weighted by atomic mass is 35.5. The van der Waals surface area contributed by atoms with Gasteiger partial charge in [-0.1, -0.05) is 19.9 Å². The summed E-state index contributed by atoms with van der Waals surface area (Å²) in [4.78, 5) is 12.8. The fourth-order valence-corrected chi connectivity index (χ4v) is 2.25. The van der Waals surface area contributed by atoms with Crippen LogP contribution in [-0.2, 0) is 4.79 Å². The predicted octanol–water partition coefficient (Wildman–Crippen LogP) is 3.19. The molecular weight excluding hydrogens is 230 g/mol. The van der Waals surface area contributed by atoms with Crippen molar-refractivity contribution in [2.45, 2.75) is 26.3 Å². The third-order valence-corrected chi connectivity index (χ3v) is 3.74. The molecule has 0 fully saturated rings. The fourth-order valence-electron chi connectivity index (χ4n) is 1.25. The molecule has 1 rings (SSSR count). The molecule has 1 heterocycles. The summed E-state index contributed by atoms with van der Waals surface area (Å²) in [6.45, 7) is 3.90. The van der Waals surface area contributed by atoms with E-state index in [0.29, 0.717) is 5.88 Å². The van der Waals surface area contributed by atoms with Gasteiger partial charge >= 0.3 is 0 Å². The van der Waals surface area contributed by atoms with Crippen LogP contribution in [0.1, 0.15) is 31.2 Å². The minimum Gasteiger partial charge on any atom is -0.348 e. The van der Waals surface area contributed by atoms with Gasteiger partial charge in [0.15, 0.2) is 0 Å². The molecule has 0 aliphatic carbocycles. The average Bonchev–Trinajstić information content (AvgIpc) is 2.77. The lowest BCUT2D eigenvalue weighted by Gasteiger charge is -2.17. The van der Waals surface area contributed by atoms with Crippen LogP contribution >= 0.6 is 22.9 Å². The Morgan fingerprint density at radius 1 is 1.67 bits per heavy atom. The first-order chi connectivity index (χ1) is 7.19. The Balaban J connectivity index is 2.58. The van der Waals surface area contributed by atoms with Crippen molar-refractivity contribution in [3.63, 3.8) is 0 Å². The van der Waals surface area contributed by atoms with Crippen molar-refractivity contribution in [3.8, 4) is 0 Å². The van der Waals surface area contributed by atoms with Crippen LogP contribution in [0.3, 0.4) is 0 Å². The maximum atomic E-state index is 11.6. The number of alkyl halides is 1. The van der Waals surface area contributed by atoms with E-state index in [1.165, 1.54) is 4.88 Å². The number of thiophene rings is 1. The molecule has 0 bridgehead atoms. The van der Waals surface area contributed by atoms with Crippen molar-refractivity contribution in [2.24, 2.45) is 5.92 Å². The van der Waals surface area contributed by atoms with Gasteiger partial charge in [0.2, 0.25) is 5.91 Å². The number of carbonyl (C=O) groups is 1. The third kappa shape index (κ3) is 3.50. The summed E-state index contributed by atoms with van der Waals surface area (Å²) in [5.74, 6) is 0.276. The quantitative estimate of drug-likeness (QED) is 0.794. The van der Waals surface area contributed by atoms with Gasteiger partial charge in [0.25, 0.3) is 0 Å². The molecule has 2 nitrogen and oxygen atoms in total. The zero-order valence-electron chi connectivity index (χ0n) is 9.00. The van der Waals surface area contributed by atoms with Crippen molar-refractivity contribution >= 4 is 28.8 Å². The normalized spacial score (nSPS) is 14.6. The van der Waals surface area contributed by atoms with E-state index in [-0.39, 0.29) is 17.9 Å². The van der Waals surface area contributed by atoms with E-state index in [9.17, 15) is 4.79 Å². The van der Waals surface area contributed by atoms with Crippen LogP contribution in [0.25, 0.3) is 0 Å². The van der Waals surface area contributed by atoms with Crippen molar-refractivity contribution in [1.29, 1.82) is 0 Å². The maximum Gasteiger partial charge on any atom is 0.224 e. The van der Waals surface area contributed by atoms with E-state index in [1.807, 2.05) is 24.4 Å². The monoisotopic (exact) mass is 245 g/mol. The average molecular weight is 246 g/mol. The second kappa shape index (κ2) is 6.13. The minimum atomic E-state index is -0.124. The number of halogens is 1. The fraction of sp³-hybridized carbons (Fsp3) is 0.545. The van der Waals surface area contributed by atoms with E-state index < -0.39 is 0 Å². The van der Waals surface area contributed by atoms with E-state index in [1.54, 1.807) is 11.3 Å². The molecule has 4 heteroatoms. The van der Waals surface area contributed by atoms with Crippen LogP contribution in [-0.4, -0.2) is 11.8 Å². The molecular formula is C11H16ClNOS. The molecule has 1 aromatic rings. The highest BCUT2D eigenvalue weighted by Crippen LogP contribution is 2.22. The van der Waals surface area contributed by atoms with Gasteiger partial charge in [-0.05, 0) is 17.9 Å². The summed E-state index contributed by atoms with van der Waals surface area (Å²) in [5.41, 5.74) is 0. The lowest BCUT2D eigenvalue weighted by Crippen LogP contribution is -2.32.